The zero-order chi connectivity index (χ0) is 10.1. The van der Waals surface area contributed by atoms with Crippen molar-refractivity contribution < 1.29 is 0 Å². The molecule has 2 nitrogen and oxygen atoms in total. The molecule has 1 heterocycles. The van der Waals surface area contributed by atoms with Crippen LogP contribution in [0.15, 0.2) is 4.99 Å². The third-order valence-electron chi connectivity index (χ3n) is 1.53. The van der Waals surface area contributed by atoms with Crippen molar-refractivity contribution in [1.29, 1.82) is 0 Å². The summed E-state index contributed by atoms with van der Waals surface area (Å²) in [5.74, 6) is 0. The third-order valence-corrected chi connectivity index (χ3v) is 2.81. The lowest BCUT2D eigenvalue weighted by atomic mass is 10.4. The van der Waals surface area contributed by atoms with E-state index in [1.807, 2.05) is 13.1 Å². The van der Waals surface area contributed by atoms with Crippen LogP contribution in [0.3, 0.4) is 0 Å². The molecule has 1 aromatic rings. The van der Waals surface area contributed by atoms with Crippen molar-refractivity contribution in [3.05, 3.63) is 15.6 Å². The SMILES string of the molecule is Cc1nc(C=NC(C)(C)I)sc1C. The van der Waals surface area contributed by atoms with Crippen molar-refractivity contribution in [2.24, 2.45) is 4.99 Å². The summed E-state index contributed by atoms with van der Waals surface area (Å²) in [6.07, 6.45) is 1.86. The largest absolute Gasteiger partial charge is 0.273 e. The van der Waals surface area contributed by atoms with Crippen molar-refractivity contribution in [3.63, 3.8) is 0 Å². The second-order valence-corrected chi connectivity index (χ2v) is 7.24. The van der Waals surface area contributed by atoms with E-state index < -0.39 is 0 Å². The summed E-state index contributed by atoms with van der Waals surface area (Å²) in [5.41, 5.74) is 1.11. The number of hydrogen-bond donors (Lipinski definition) is 0. The van der Waals surface area contributed by atoms with Crippen LogP contribution in [0.25, 0.3) is 0 Å². The number of aryl methyl sites for hydroxylation is 2. The minimum Gasteiger partial charge on any atom is -0.273 e. The Hall–Kier alpha value is 0.0300. The van der Waals surface area contributed by atoms with Crippen molar-refractivity contribution in [2.75, 3.05) is 0 Å². The van der Waals surface area contributed by atoms with Gasteiger partial charge in [-0.25, -0.2) is 4.98 Å². The molecule has 0 saturated heterocycles. The molecule has 13 heavy (non-hydrogen) atoms. The fourth-order valence-electron chi connectivity index (χ4n) is 0.761. The highest BCUT2D eigenvalue weighted by atomic mass is 127. The van der Waals surface area contributed by atoms with Gasteiger partial charge in [-0.3, -0.25) is 4.99 Å². The minimum atomic E-state index is -0.0365. The van der Waals surface area contributed by atoms with Gasteiger partial charge in [0.2, 0.25) is 0 Å². The predicted octanol–water partition coefficient (Wildman–Crippen LogP) is 3.35. The first-order chi connectivity index (χ1) is 5.88. The Morgan fingerprint density at radius 2 is 2.08 bits per heavy atom. The van der Waals surface area contributed by atoms with E-state index in [0.29, 0.717) is 0 Å². The van der Waals surface area contributed by atoms with Crippen molar-refractivity contribution >= 4 is 40.1 Å². The van der Waals surface area contributed by atoms with Crippen LogP contribution in [-0.2, 0) is 0 Å². The van der Waals surface area contributed by atoms with Gasteiger partial charge in [0.1, 0.15) is 8.55 Å². The molecule has 0 radical (unpaired) electrons. The molecule has 0 aromatic carbocycles. The van der Waals surface area contributed by atoms with Crippen molar-refractivity contribution in [1.82, 2.24) is 4.98 Å². The molecule has 72 valence electrons. The summed E-state index contributed by atoms with van der Waals surface area (Å²) in [6.45, 7) is 8.24. The Labute approximate surface area is 96.6 Å². The average molecular weight is 308 g/mol. The van der Waals surface area contributed by atoms with E-state index in [-0.39, 0.29) is 3.55 Å². The molecule has 1 aromatic heterocycles. The summed E-state index contributed by atoms with van der Waals surface area (Å²) in [5, 5.41) is 1.000. The van der Waals surface area contributed by atoms with Gasteiger partial charge < -0.3 is 0 Å². The van der Waals surface area contributed by atoms with Crippen LogP contribution in [0.2, 0.25) is 0 Å². The van der Waals surface area contributed by atoms with E-state index in [1.54, 1.807) is 11.3 Å². The van der Waals surface area contributed by atoms with Crippen LogP contribution in [0, 0.1) is 13.8 Å². The number of hydrogen-bond acceptors (Lipinski definition) is 3. The molecule has 4 heteroatoms. The molecule has 0 aliphatic heterocycles. The summed E-state index contributed by atoms with van der Waals surface area (Å²) >= 11 is 3.99. The van der Waals surface area contributed by atoms with Crippen LogP contribution in [0.4, 0.5) is 0 Å². The number of alkyl halides is 1. The molecular weight excluding hydrogens is 295 g/mol. The number of aliphatic imine (C=N–C) groups is 1. The normalized spacial score (nSPS) is 12.7. The monoisotopic (exact) mass is 308 g/mol. The highest BCUT2D eigenvalue weighted by molar-refractivity contribution is 14.1. The summed E-state index contributed by atoms with van der Waals surface area (Å²) < 4.78 is -0.0365. The molecule has 0 bridgehead atoms. The Bertz CT molecular complexity index is 303. The molecule has 1 rings (SSSR count). The lowest BCUT2D eigenvalue weighted by Crippen LogP contribution is -2.04. The second-order valence-electron chi connectivity index (χ2n) is 3.36. The predicted molar refractivity (Wildman–Crippen MR) is 67.3 cm³/mol. The van der Waals surface area contributed by atoms with Gasteiger partial charge in [-0.05, 0) is 27.7 Å². The highest BCUT2D eigenvalue weighted by Gasteiger charge is 2.08. The van der Waals surface area contributed by atoms with Crippen molar-refractivity contribution in [2.45, 2.75) is 31.2 Å². The Balaban J connectivity index is 2.81. The first kappa shape index (κ1) is 11.1. The quantitative estimate of drug-likeness (QED) is 0.356. The van der Waals surface area contributed by atoms with Gasteiger partial charge in [-0.2, -0.15) is 0 Å². The van der Waals surface area contributed by atoms with E-state index >= 15 is 0 Å². The minimum absolute atomic E-state index is 0.0365. The summed E-state index contributed by atoms with van der Waals surface area (Å²) in [4.78, 5) is 10.0. The van der Waals surface area contributed by atoms with Gasteiger partial charge in [0.15, 0.2) is 0 Å². The van der Waals surface area contributed by atoms with Crippen LogP contribution in [-0.4, -0.2) is 14.7 Å². The lowest BCUT2D eigenvalue weighted by molar-refractivity contribution is 0.806. The molecule has 0 amide bonds. The van der Waals surface area contributed by atoms with Crippen molar-refractivity contribution in [3.8, 4) is 0 Å². The molecule has 0 spiro atoms. The maximum absolute atomic E-state index is 4.39. The molecule has 0 atom stereocenters. The topological polar surface area (TPSA) is 25.2 Å². The van der Waals surface area contributed by atoms with E-state index in [0.717, 1.165) is 10.7 Å². The zero-order valence-corrected chi connectivity index (χ0v) is 11.2. The zero-order valence-electron chi connectivity index (χ0n) is 8.26. The fraction of sp³-hybridized carbons (Fsp3) is 0.556. The molecule has 0 saturated carbocycles. The molecule has 0 unspecified atom stereocenters. The Kier molecular flexibility index (Phi) is 3.45. The molecule has 0 fully saturated rings. The third kappa shape index (κ3) is 3.72. The van der Waals surface area contributed by atoms with E-state index in [9.17, 15) is 0 Å². The molecule has 0 aliphatic carbocycles. The maximum atomic E-state index is 4.39. The van der Waals surface area contributed by atoms with E-state index in [4.69, 9.17) is 0 Å². The van der Waals surface area contributed by atoms with E-state index in [2.05, 4.69) is 53.3 Å². The highest BCUT2D eigenvalue weighted by Crippen LogP contribution is 2.19. The van der Waals surface area contributed by atoms with Crippen LogP contribution in [0.5, 0.6) is 0 Å². The number of rotatable bonds is 2. The number of thiazole rings is 1. The number of aromatic nitrogens is 1. The van der Waals surface area contributed by atoms with Gasteiger partial charge >= 0.3 is 0 Å². The van der Waals surface area contributed by atoms with Crippen LogP contribution in [0.1, 0.15) is 29.4 Å². The molecule has 0 N–H and O–H groups in total. The second kappa shape index (κ2) is 4.04. The standard InChI is InChI=1S/C9H13IN2S/c1-6-7(2)13-8(12-6)5-11-9(3,4)10/h5H,1-4H3. The molecule has 0 aliphatic rings. The Morgan fingerprint density at radius 1 is 1.46 bits per heavy atom. The Morgan fingerprint density at radius 3 is 2.46 bits per heavy atom. The molecular formula is C9H13IN2S. The van der Waals surface area contributed by atoms with Gasteiger partial charge in [0, 0.05) is 4.88 Å². The number of nitrogens with zero attached hydrogens (tertiary/aromatic N) is 2. The lowest BCUT2D eigenvalue weighted by Gasteiger charge is -2.07. The maximum Gasteiger partial charge on any atom is 0.134 e. The van der Waals surface area contributed by atoms with Crippen LogP contribution >= 0.6 is 33.9 Å². The van der Waals surface area contributed by atoms with Gasteiger partial charge in [0.05, 0.1) is 11.9 Å². The first-order valence-electron chi connectivity index (χ1n) is 4.06. The van der Waals surface area contributed by atoms with Gasteiger partial charge in [-0.1, -0.05) is 22.6 Å². The number of halogens is 1. The first-order valence-corrected chi connectivity index (χ1v) is 5.96. The van der Waals surface area contributed by atoms with Gasteiger partial charge in [-0.15, -0.1) is 11.3 Å². The fourth-order valence-corrected chi connectivity index (χ4v) is 1.70. The smallest absolute Gasteiger partial charge is 0.134 e. The average Bonchev–Trinajstić information content (AvgIpc) is 2.27. The summed E-state index contributed by atoms with van der Waals surface area (Å²) in [7, 11) is 0. The summed E-state index contributed by atoms with van der Waals surface area (Å²) in [6, 6.07) is 0. The van der Waals surface area contributed by atoms with Crippen LogP contribution < -0.4 is 0 Å². The van der Waals surface area contributed by atoms with E-state index in [1.165, 1.54) is 4.88 Å². The van der Waals surface area contributed by atoms with Gasteiger partial charge in [0.25, 0.3) is 0 Å².